The van der Waals surface area contributed by atoms with Crippen molar-refractivity contribution >= 4 is 5.91 Å². The van der Waals surface area contributed by atoms with Gasteiger partial charge >= 0.3 is 0 Å². The smallest absolute Gasteiger partial charge is 0.224 e. The Hall–Kier alpha value is -1.71. The fourth-order valence-corrected chi connectivity index (χ4v) is 2.01. The molecule has 4 heteroatoms. The van der Waals surface area contributed by atoms with Crippen molar-refractivity contribution in [1.29, 1.82) is 0 Å². The van der Waals surface area contributed by atoms with Crippen molar-refractivity contribution in [1.82, 2.24) is 5.32 Å². The number of amides is 1. The molecule has 1 aliphatic heterocycles. The van der Waals surface area contributed by atoms with Crippen LogP contribution in [-0.4, -0.2) is 25.2 Å². The molecule has 2 aliphatic rings. The van der Waals surface area contributed by atoms with Crippen molar-refractivity contribution in [2.24, 2.45) is 0 Å². The molecule has 0 unspecified atom stereocenters. The lowest BCUT2D eigenvalue weighted by Gasteiger charge is -2.09. The van der Waals surface area contributed by atoms with E-state index in [2.05, 4.69) is 5.32 Å². The number of fused-ring (bicyclic) bond motifs is 1. The molecule has 1 amide bonds. The Morgan fingerprint density at radius 3 is 2.78 bits per heavy atom. The highest BCUT2D eigenvalue weighted by Crippen LogP contribution is 2.30. The van der Waals surface area contributed by atoms with Gasteiger partial charge in [0.15, 0.2) is 11.5 Å². The van der Waals surface area contributed by atoms with Gasteiger partial charge < -0.3 is 14.8 Å². The monoisotopic (exact) mass is 247 g/mol. The van der Waals surface area contributed by atoms with E-state index in [4.69, 9.17) is 9.47 Å². The fraction of sp³-hybridized carbons (Fsp3) is 0.500. The molecule has 1 saturated carbocycles. The van der Waals surface area contributed by atoms with Gasteiger partial charge in [-0.05, 0) is 30.5 Å². The van der Waals surface area contributed by atoms with Gasteiger partial charge in [0, 0.05) is 12.5 Å². The SMILES string of the molecule is O=C(Cc1ccc2c(c1)OCCCO2)NC1CC1. The topological polar surface area (TPSA) is 47.6 Å². The van der Waals surface area contributed by atoms with E-state index in [-0.39, 0.29) is 5.91 Å². The predicted molar refractivity (Wildman–Crippen MR) is 66.9 cm³/mol. The maximum absolute atomic E-state index is 11.7. The van der Waals surface area contributed by atoms with E-state index in [1.54, 1.807) is 0 Å². The second-order valence-electron chi connectivity index (χ2n) is 4.85. The van der Waals surface area contributed by atoms with Crippen molar-refractivity contribution in [2.45, 2.75) is 31.7 Å². The van der Waals surface area contributed by atoms with Crippen LogP contribution in [0.5, 0.6) is 11.5 Å². The van der Waals surface area contributed by atoms with Crippen LogP contribution in [0.1, 0.15) is 24.8 Å². The van der Waals surface area contributed by atoms with Crippen LogP contribution < -0.4 is 14.8 Å². The molecule has 0 saturated heterocycles. The van der Waals surface area contributed by atoms with Crippen LogP contribution in [0.15, 0.2) is 18.2 Å². The number of ether oxygens (including phenoxy) is 2. The minimum Gasteiger partial charge on any atom is -0.490 e. The van der Waals surface area contributed by atoms with Crippen LogP contribution in [-0.2, 0) is 11.2 Å². The van der Waals surface area contributed by atoms with E-state index >= 15 is 0 Å². The van der Waals surface area contributed by atoms with Crippen molar-refractivity contribution in [3.8, 4) is 11.5 Å². The largest absolute Gasteiger partial charge is 0.490 e. The maximum Gasteiger partial charge on any atom is 0.224 e. The minimum atomic E-state index is 0.0898. The highest BCUT2D eigenvalue weighted by Gasteiger charge is 2.23. The Labute approximate surface area is 106 Å². The molecule has 0 bridgehead atoms. The molecule has 0 aromatic heterocycles. The molecule has 96 valence electrons. The Morgan fingerprint density at radius 2 is 2.00 bits per heavy atom. The molecule has 18 heavy (non-hydrogen) atoms. The first-order chi connectivity index (χ1) is 8.81. The van der Waals surface area contributed by atoms with Gasteiger partial charge in [-0.15, -0.1) is 0 Å². The summed E-state index contributed by atoms with van der Waals surface area (Å²) >= 11 is 0. The van der Waals surface area contributed by atoms with Gasteiger partial charge in [-0.2, -0.15) is 0 Å². The van der Waals surface area contributed by atoms with E-state index in [1.165, 1.54) is 0 Å². The van der Waals surface area contributed by atoms with Gasteiger partial charge in [-0.1, -0.05) is 6.07 Å². The van der Waals surface area contributed by atoms with Crippen molar-refractivity contribution in [3.63, 3.8) is 0 Å². The van der Waals surface area contributed by atoms with Crippen LogP contribution >= 0.6 is 0 Å². The highest BCUT2D eigenvalue weighted by molar-refractivity contribution is 5.79. The Kier molecular flexibility index (Phi) is 3.09. The van der Waals surface area contributed by atoms with Gasteiger partial charge in [0.25, 0.3) is 0 Å². The first kappa shape index (κ1) is 11.4. The van der Waals surface area contributed by atoms with Crippen molar-refractivity contribution in [2.75, 3.05) is 13.2 Å². The van der Waals surface area contributed by atoms with Crippen LogP contribution in [0.25, 0.3) is 0 Å². The molecule has 3 rings (SSSR count). The highest BCUT2D eigenvalue weighted by atomic mass is 16.5. The molecule has 1 fully saturated rings. The normalized spacial score (nSPS) is 18.0. The van der Waals surface area contributed by atoms with Crippen LogP contribution in [0.3, 0.4) is 0 Å². The third kappa shape index (κ3) is 2.75. The number of rotatable bonds is 3. The van der Waals surface area contributed by atoms with Gasteiger partial charge in [0.2, 0.25) is 5.91 Å². The second-order valence-corrected chi connectivity index (χ2v) is 4.85. The zero-order valence-corrected chi connectivity index (χ0v) is 10.3. The summed E-state index contributed by atoms with van der Waals surface area (Å²) in [6.07, 6.45) is 3.54. The molecule has 1 heterocycles. The number of hydrogen-bond acceptors (Lipinski definition) is 3. The molecule has 0 radical (unpaired) electrons. The van der Waals surface area contributed by atoms with E-state index in [0.29, 0.717) is 25.7 Å². The molecule has 1 aliphatic carbocycles. The summed E-state index contributed by atoms with van der Waals surface area (Å²) in [6.45, 7) is 1.36. The summed E-state index contributed by atoms with van der Waals surface area (Å²) in [6, 6.07) is 6.14. The van der Waals surface area contributed by atoms with E-state index in [9.17, 15) is 4.79 Å². The second kappa shape index (κ2) is 4.88. The summed E-state index contributed by atoms with van der Waals surface area (Å²) in [4.78, 5) is 11.7. The molecule has 0 spiro atoms. The van der Waals surface area contributed by atoms with Crippen molar-refractivity contribution in [3.05, 3.63) is 23.8 Å². The van der Waals surface area contributed by atoms with Crippen LogP contribution in [0.2, 0.25) is 0 Å². The third-order valence-corrected chi connectivity index (χ3v) is 3.12. The zero-order valence-electron chi connectivity index (χ0n) is 10.3. The van der Waals surface area contributed by atoms with E-state index in [0.717, 1.165) is 36.3 Å². The van der Waals surface area contributed by atoms with E-state index in [1.807, 2.05) is 18.2 Å². The van der Waals surface area contributed by atoms with Gasteiger partial charge in [-0.25, -0.2) is 0 Å². The molecular formula is C14H17NO3. The van der Waals surface area contributed by atoms with Gasteiger partial charge in [-0.3, -0.25) is 4.79 Å². The Morgan fingerprint density at radius 1 is 1.22 bits per heavy atom. The first-order valence-electron chi connectivity index (χ1n) is 6.49. The Bertz CT molecular complexity index is 454. The van der Waals surface area contributed by atoms with Gasteiger partial charge in [0.05, 0.1) is 19.6 Å². The van der Waals surface area contributed by atoms with Crippen LogP contribution in [0.4, 0.5) is 0 Å². The molecule has 1 aromatic rings. The molecule has 4 nitrogen and oxygen atoms in total. The Balaban J connectivity index is 1.68. The number of nitrogens with one attached hydrogen (secondary N) is 1. The number of carbonyl (C=O) groups is 1. The number of hydrogen-bond donors (Lipinski definition) is 1. The molecule has 0 atom stereocenters. The van der Waals surface area contributed by atoms with Crippen molar-refractivity contribution < 1.29 is 14.3 Å². The first-order valence-corrected chi connectivity index (χ1v) is 6.49. The standard InChI is InChI=1S/C14H17NO3/c16-14(15-11-3-4-11)9-10-2-5-12-13(8-10)18-7-1-6-17-12/h2,5,8,11H,1,3-4,6-7,9H2,(H,15,16). The lowest BCUT2D eigenvalue weighted by Crippen LogP contribution is -2.26. The molecular weight excluding hydrogens is 230 g/mol. The quantitative estimate of drug-likeness (QED) is 0.883. The maximum atomic E-state index is 11.7. The minimum absolute atomic E-state index is 0.0898. The molecule has 1 N–H and O–H groups in total. The predicted octanol–water partition coefficient (Wildman–Crippen LogP) is 1.67. The zero-order chi connectivity index (χ0) is 12.4. The number of benzene rings is 1. The fourth-order valence-electron chi connectivity index (χ4n) is 2.01. The summed E-state index contributed by atoms with van der Waals surface area (Å²) in [5, 5.41) is 2.98. The van der Waals surface area contributed by atoms with E-state index < -0.39 is 0 Å². The summed E-state index contributed by atoms with van der Waals surface area (Å²) in [5.41, 5.74) is 0.970. The number of carbonyl (C=O) groups excluding carboxylic acids is 1. The summed E-state index contributed by atoms with van der Waals surface area (Å²) < 4.78 is 11.2. The third-order valence-electron chi connectivity index (χ3n) is 3.12. The van der Waals surface area contributed by atoms with Crippen LogP contribution in [0, 0.1) is 0 Å². The lowest BCUT2D eigenvalue weighted by atomic mass is 10.1. The summed E-state index contributed by atoms with van der Waals surface area (Å²) in [5.74, 6) is 1.62. The van der Waals surface area contributed by atoms with Gasteiger partial charge in [0.1, 0.15) is 0 Å². The summed E-state index contributed by atoms with van der Waals surface area (Å²) in [7, 11) is 0. The average Bonchev–Trinajstić information content (AvgIpc) is 3.15. The average molecular weight is 247 g/mol. The lowest BCUT2D eigenvalue weighted by molar-refractivity contribution is -0.120. The molecule has 1 aromatic carbocycles.